The first kappa shape index (κ1) is 10.8. The normalized spacial score (nSPS) is 24.5. The number of ether oxygens (including phenoxy) is 1. The van der Waals surface area contributed by atoms with Crippen molar-refractivity contribution in [1.82, 2.24) is 9.55 Å². The van der Waals surface area contributed by atoms with Crippen molar-refractivity contribution in [2.24, 2.45) is 0 Å². The van der Waals surface area contributed by atoms with Crippen LogP contribution in [-0.4, -0.2) is 32.8 Å². The summed E-state index contributed by atoms with van der Waals surface area (Å²) in [6.45, 7) is 0.358. The largest absolute Gasteiger partial charge is 0.479 e. The Morgan fingerprint density at radius 1 is 1.62 bits per heavy atom. The van der Waals surface area contributed by atoms with Gasteiger partial charge in [-0.05, 0) is 18.9 Å². The van der Waals surface area contributed by atoms with Crippen molar-refractivity contribution in [2.75, 3.05) is 0 Å². The average Bonchev–Trinajstić information content (AvgIpc) is 2.70. The van der Waals surface area contributed by atoms with Gasteiger partial charge >= 0.3 is 11.7 Å². The Kier molecular flexibility index (Phi) is 3.00. The van der Waals surface area contributed by atoms with Crippen molar-refractivity contribution in [3.05, 3.63) is 28.9 Å². The van der Waals surface area contributed by atoms with Gasteiger partial charge in [0.05, 0.1) is 12.6 Å². The molecule has 16 heavy (non-hydrogen) atoms. The molecule has 86 valence electrons. The van der Waals surface area contributed by atoms with Crippen LogP contribution in [-0.2, 0) is 16.1 Å². The first-order valence-corrected chi connectivity index (χ1v) is 5.06. The van der Waals surface area contributed by atoms with Gasteiger partial charge in [-0.15, -0.1) is 0 Å². The lowest BCUT2D eigenvalue weighted by atomic mass is 10.2. The molecule has 2 rings (SSSR count). The highest BCUT2D eigenvalue weighted by atomic mass is 16.5. The molecule has 6 nitrogen and oxygen atoms in total. The number of carboxylic acid groups (broad SMARTS) is 1. The van der Waals surface area contributed by atoms with Crippen LogP contribution in [0.2, 0.25) is 0 Å². The molecule has 1 aliphatic rings. The smallest absolute Gasteiger partial charge is 0.347 e. The summed E-state index contributed by atoms with van der Waals surface area (Å²) in [6.07, 6.45) is 3.23. The lowest BCUT2D eigenvalue weighted by Gasteiger charge is -2.12. The maximum absolute atomic E-state index is 11.3. The molecule has 1 saturated heterocycles. The molecule has 1 aromatic rings. The van der Waals surface area contributed by atoms with Gasteiger partial charge in [-0.1, -0.05) is 0 Å². The Hall–Kier alpha value is -1.69. The molecular formula is C10H12N2O4. The number of carbonyl (C=O) groups is 1. The van der Waals surface area contributed by atoms with E-state index in [1.54, 1.807) is 12.3 Å². The van der Waals surface area contributed by atoms with Crippen LogP contribution >= 0.6 is 0 Å². The molecule has 2 unspecified atom stereocenters. The minimum absolute atomic E-state index is 0.219. The molecule has 0 amide bonds. The molecule has 0 aromatic carbocycles. The van der Waals surface area contributed by atoms with Crippen molar-refractivity contribution >= 4 is 5.97 Å². The Morgan fingerprint density at radius 2 is 2.44 bits per heavy atom. The Bertz CT molecular complexity index is 442. The van der Waals surface area contributed by atoms with Gasteiger partial charge in [0.1, 0.15) is 0 Å². The van der Waals surface area contributed by atoms with Gasteiger partial charge in [-0.2, -0.15) is 0 Å². The third-order valence-corrected chi connectivity index (χ3v) is 2.57. The summed E-state index contributed by atoms with van der Waals surface area (Å²) in [6, 6.07) is 1.66. The molecule has 1 N–H and O–H groups in total. The third kappa shape index (κ3) is 2.27. The monoisotopic (exact) mass is 224 g/mol. The fourth-order valence-electron chi connectivity index (χ4n) is 1.77. The zero-order valence-electron chi connectivity index (χ0n) is 8.57. The lowest BCUT2D eigenvalue weighted by Crippen LogP contribution is -2.29. The minimum atomic E-state index is -0.943. The van der Waals surface area contributed by atoms with E-state index in [1.165, 1.54) is 10.8 Å². The number of hydrogen-bond donors (Lipinski definition) is 1. The summed E-state index contributed by atoms with van der Waals surface area (Å²) < 4.78 is 6.72. The van der Waals surface area contributed by atoms with Crippen molar-refractivity contribution in [1.29, 1.82) is 0 Å². The summed E-state index contributed by atoms with van der Waals surface area (Å²) >= 11 is 0. The molecule has 0 radical (unpaired) electrons. The van der Waals surface area contributed by atoms with Crippen LogP contribution in [0.3, 0.4) is 0 Å². The van der Waals surface area contributed by atoms with Crippen molar-refractivity contribution < 1.29 is 14.6 Å². The summed E-state index contributed by atoms with van der Waals surface area (Å²) in [5, 5.41) is 8.75. The van der Waals surface area contributed by atoms with Gasteiger partial charge in [-0.3, -0.25) is 4.57 Å². The molecule has 2 heterocycles. The van der Waals surface area contributed by atoms with Crippen molar-refractivity contribution in [3.8, 4) is 0 Å². The highest BCUT2D eigenvalue weighted by Gasteiger charge is 2.30. The van der Waals surface area contributed by atoms with E-state index in [4.69, 9.17) is 9.84 Å². The van der Waals surface area contributed by atoms with Gasteiger partial charge in [0.25, 0.3) is 0 Å². The fraction of sp³-hybridized carbons (Fsp3) is 0.500. The number of rotatable bonds is 3. The number of aromatic nitrogens is 2. The van der Waals surface area contributed by atoms with E-state index in [0.717, 1.165) is 0 Å². The van der Waals surface area contributed by atoms with Crippen LogP contribution in [0.25, 0.3) is 0 Å². The number of nitrogens with zero attached hydrogens (tertiary/aromatic N) is 2. The maximum atomic E-state index is 11.3. The summed E-state index contributed by atoms with van der Waals surface area (Å²) in [5.41, 5.74) is -0.343. The van der Waals surface area contributed by atoms with Gasteiger partial charge < -0.3 is 9.84 Å². The van der Waals surface area contributed by atoms with Crippen molar-refractivity contribution in [2.45, 2.75) is 31.6 Å². The number of carboxylic acids is 1. The predicted molar refractivity (Wildman–Crippen MR) is 54.0 cm³/mol. The quantitative estimate of drug-likeness (QED) is 0.773. The summed E-state index contributed by atoms with van der Waals surface area (Å²) in [5.74, 6) is -0.943. The molecule has 6 heteroatoms. The second-order valence-corrected chi connectivity index (χ2v) is 3.72. The molecule has 2 atom stereocenters. The molecule has 1 aliphatic heterocycles. The van der Waals surface area contributed by atoms with Crippen LogP contribution in [0, 0.1) is 0 Å². The van der Waals surface area contributed by atoms with E-state index in [-0.39, 0.29) is 11.8 Å². The highest BCUT2D eigenvalue weighted by Crippen LogP contribution is 2.20. The summed E-state index contributed by atoms with van der Waals surface area (Å²) in [7, 11) is 0. The third-order valence-electron chi connectivity index (χ3n) is 2.57. The molecule has 0 aliphatic carbocycles. The average molecular weight is 224 g/mol. The van der Waals surface area contributed by atoms with Crippen LogP contribution in [0.5, 0.6) is 0 Å². The van der Waals surface area contributed by atoms with Gasteiger partial charge in [0, 0.05) is 12.4 Å². The van der Waals surface area contributed by atoms with Gasteiger partial charge in [0.2, 0.25) is 0 Å². The van der Waals surface area contributed by atoms with Gasteiger partial charge in [0.15, 0.2) is 6.10 Å². The van der Waals surface area contributed by atoms with E-state index >= 15 is 0 Å². The first-order valence-electron chi connectivity index (χ1n) is 5.06. The minimum Gasteiger partial charge on any atom is -0.479 e. The Labute approximate surface area is 91.5 Å². The zero-order valence-corrected chi connectivity index (χ0v) is 8.57. The van der Waals surface area contributed by atoms with Gasteiger partial charge in [-0.25, -0.2) is 14.6 Å². The maximum Gasteiger partial charge on any atom is 0.347 e. The van der Waals surface area contributed by atoms with E-state index < -0.39 is 12.1 Å². The SMILES string of the molecule is O=C(O)C1CCC(Cn2cccnc2=O)O1. The topological polar surface area (TPSA) is 81.4 Å². The lowest BCUT2D eigenvalue weighted by molar-refractivity contribution is -0.149. The Morgan fingerprint density at radius 3 is 3.06 bits per heavy atom. The van der Waals surface area contributed by atoms with E-state index in [1.807, 2.05) is 0 Å². The van der Waals surface area contributed by atoms with E-state index in [0.29, 0.717) is 19.4 Å². The molecule has 0 spiro atoms. The number of hydrogen-bond acceptors (Lipinski definition) is 4. The van der Waals surface area contributed by atoms with Crippen LogP contribution in [0.15, 0.2) is 23.3 Å². The standard InChI is InChI=1S/C10H12N2O4/c13-9(14)8-3-2-7(16-8)6-12-5-1-4-11-10(12)15/h1,4-5,7-8H,2-3,6H2,(H,13,14). The molecule has 1 fully saturated rings. The summed E-state index contributed by atoms with van der Waals surface area (Å²) in [4.78, 5) is 25.6. The Balaban J connectivity index is 2.00. The predicted octanol–water partition coefficient (Wildman–Crippen LogP) is -0.125. The molecule has 0 saturated carbocycles. The molecule has 1 aromatic heterocycles. The second-order valence-electron chi connectivity index (χ2n) is 3.72. The van der Waals surface area contributed by atoms with Crippen LogP contribution in [0.1, 0.15) is 12.8 Å². The zero-order chi connectivity index (χ0) is 11.5. The van der Waals surface area contributed by atoms with E-state index in [9.17, 15) is 9.59 Å². The fourth-order valence-corrected chi connectivity index (χ4v) is 1.77. The first-order chi connectivity index (χ1) is 7.66. The van der Waals surface area contributed by atoms with Crippen LogP contribution in [0.4, 0.5) is 0 Å². The van der Waals surface area contributed by atoms with Crippen LogP contribution < -0.4 is 5.69 Å². The molecular weight excluding hydrogens is 212 g/mol. The second kappa shape index (κ2) is 4.44. The van der Waals surface area contributed by atoms with Crippen molar-refractivity contribution in [3.63, 3.8) is 0 Å². The van der Waals surface area contributed by atoms with E-state index in [2.05, 4.69) is 4.98 Å². The molecule has 0 bridgehead atoms. The highest BCUT2D eigenvalue weighted by molar-refractivity contribution is 5.72. The number of aliphatic carboxylic acids is 1.